The maximum Gasteiger partial charge on any atom is 0.122 e. The fourth-order valence-corrected chi connectivity index (χ4v) is 4.80. The molecular formula is C29H44O4. The smallest absolute Gasteiger partial charge is 0.122 e. The number of aliphatic hydroxyl groups is 2. The molecule has 0 aliphatic rings. The summed E-state index contributed by atoms with van der Waals surface area (Å²) in [7, 11) is 0. The Hall–Kier alpha value is -2.04. The molecule has 0 bridgehead atoms. The summed E-state index contributed by atoms with van der Waals surface area (Å²) >= 11 is 0. The van der Waals surface area contributed by atoms with Gasteiger partial charge in [-0.1, -0.05) is 53.7 Å². The first kappa shape index (κ1) is 27.2. The third-order valence-corrected chi connectivity index (χ3v) is 7.19. The van der Waals surface area contributed by atoms with Gasteiger partial charge in [0.2, 0.25) is 0 Å². The Labute approximate surface area is 200 Å². The molecule has 0 aromatic heterocycles. The molecule has 184 valence electrons. The second-order valence-electron chi connectivity index (χ2n) is 12.1. The molecule has 0 aliphatic carbocycles. The lowest BCUT2D eigenvalue weighted by Crippen LogP contribution is -2.36. The largest absolute Gasteiger partial charge is 0.507 e. The predicted octanol–water partition coefficient (Wildman–Crippen LogP) is 5.68. The number of aromatic hydroxyl groups is 2. The molecule has 0 heterocycles. The predicted molar refractivity (Wildman–Crippen MR) is 137 cm³/mol. The Bertz CT molecular complexity index is 936. The number of phenolic OH excluding ortho intramolecular Hbond substituents is 2. The number of phenols is 2. The summed E-state index contributed by atoms with van der Waals surface area (Å²) in [6, 6.07) is 4.05. The SMILES string of the molecule is Cc1cc(C(C)(C)C)c(O)c(C)c1CC(CO)(CO)Cc1c(C)cc(C(C)(C)C)c(O)c1C. The van der Waals surface area contributed by atoms with Gasteiger partial charge in [0.1, 0.15) is 11.5 Å². The van der Waals surface area contributed by atoms with Crippen LogP contribution in [0.15, 0.2) is 12.1 Å². The molecule has 4 nitrogen and oxygen atoms in total. The van der Waals surface area contributed by atoms with E-state index in [0.29, 0.717) is 12.8 Å². The van der Waals surface area contributed by atoms with Crippen LogP contribution in [0.3, 0.4) is 0 Å². The van der Waals surface area contributed by atoms with Crippen molar-refractivity contribution in [1.29, 1.82) is 0 Å². The molecule has 0 fully saturated rings. The molecule has 0 saturated heterocycles. The summed E-state index contributed by atoms with van der Waals surface area (Å²) in [5.74, 6) is 0.569. The third kappa shape index (κ3) is 5.38. The number of hydrogen-bond donors (Lipinski definition) is 4. The van der Waals surface area contributed by atoms with Gasteiger partial charge in [-0.05, 0) is 95.9 Å². The molecule has 0 atom stereocenters. The first-order chi connectivity index (χ1) is 15.0. The van der Waals surface area contributed by atoms with Crippen molar-refractivity contribution in [2.24, 2.45) is 5.41 Å². The highest BCUT2D eigenvalue weighted by Gasteiger charge is 2.34. The monoisotopic (exact) mass is 456 g/mol. The highest BCUT2D eigenvalue weighted by atomic mass is 16.3. The van der Waals surface area contributed by atoms with Crippen LogP contribution < -0.4 is 0 Å². The van der Waals surface area contributed by atoms with E-state index in [0.717, 1.165) is 44.5 Å². The van der Waals surface area contributed by atoms with Crippen LogP contribution in [0.25, 0.3) is 0 Å². The molecule has 0 unspecified atom stereocenters. The summed E-state index contributed by atoms with van der Waals surface area (Å²) < 4.78 is 0. The third-order valence-electron chi connectivity index (χ3n) is 7.19. The van der Waals surface area contributed by atoms with Crippen molar-refractivity contribution >= 4 is 0 Å². The van der Waals surface area contributed by atoms with Crippen LogP contribution in [-0.2, 0) is 23.7 Å². The molecule has 0 saturated carbocycles. The lowest BCUT2D eigenvalue weighted by molar-refractivity contribution is 0.0542. The van der Waals surface area contributed by atoms with Crippen LogP contribution in [0.5, 0.6) is 11.5 Å². The van der Waals surface area contributed by atoms with Crippen molar-refractivity contribution in [3.8, 4) is 11.5 Å². The molecule has 0 amide bonds. The van der Waals surface area contributed by atoms with E-state index in [1.165, 1.54) is 0 Å². The highest BCUT2D eigenvalue weighted by molar-refractivity contribution is 5.53. The molecule has 2 aromatic rings. The first-order valence-corrected chi connectivity index (χ1v) is 11.9. The van der Waals surface area contributed by atoms with Crippen molar-refractivity contribution < 1.29 is 20.4 Å². The van der Waals surface area contributed by atoms with Gasteiger partial charge in [0.25, 0.3) is 0 Å². The molecule has 4 N–H and O–H groups in total. The fourth-order valence-electron chi connectivity index (χ4n) is 4.80. The summed E-state index contributed by atoms with van der Waals surface area (Å²) in [6.07, 6.45) is 0.854. The normalized spacial score (nSPS) is 13.0. The molecule has 33 heavy (non-hydrogen) atoms. The first-order valence-electron chi connectivity index (χ1n) is 11.9. The minimum Gasteiger partial charge on any atom is -0.507 e. The molecule has 0 aliphatic heterocycles. The van der Waals surface area contributed by atoms with Crippen molar-refractivity contribution in [3.63, 3.8) is 0 Å². The van der Waals surface area contributed by atoms with E-state index in [9.17, 15) is 20.4 Å². The van der Waals surface area contributed by atoms with Crippen LogP contribution in [0.1, 0.15) is 86.1 Å². The van der Waals surface area contributed by atoms with Crippen molar-refractivity contribution in [3.05, 3.63) is 56.6 Å². The minimum absolute atomic E-state index is 0.191. The number of aliphatic hydroxyl groups excluding tert-OH is 2. The van der Waals surface area contributed by atoms with E-state index < -0.39 is 5.41 Å². The van der Waals surface area contributed by atoms with Crippen LogP contribution in [0.2, 0.25) is 0 Å². The molecule has 2 aromatic carbocycles. The van der Waals surface area contributed by atoms with Crippen LogP contribution in [0, 0.1) is 33.1 Å². The van der Waals surface area contributed by atoms with Gasteiger partial charge < -0.3 is 20.4 Å². The summed E-state index contributed by atoms with van der Waals surface area (Å²) in [6.45, 7) is 19.9. The Balaban J connectivity index is 2.59. The summed E-state index contributed by atoms with van der Waals surface area (Å²) in [4.78, 5) is 0. The van der Waals surface area contributed by atoms with Crippen LogP contribution in [0.4, 0.5) is 0 Å². The average molecular weight is 457 g/mol. The zero-order chi connectivity index (χ0) is 25.5. The van der Waals surface area contributed by atoms with E-state index in [2.05, 4.69) is 41.5 Å². The molecule has 4 heteroatoms. The van der Waals surface area contributed by atoms with Crippen LogP contribution >= 0.6 is 0 Å². The Morgan fingerprint density at radius 1 is 0.606 bits per heavy atom. The average Bonchev–Trinajstić information content (AvgIpc) is 2.70. The van der Waals surface area contributed by atoms with Gasteiger partial charge in [0, 0.05) is 5.41 Å². The summed E-state index contributed by atoms with van der Waals surface area (Å²) in [5, 5.41) is 42.9. The highest BCUT2D eigenvalue weighted by Crippen LogP contribution is 2.42. The van der Waals surface area contributed by atoms with Gasteiger partial charge in [-0.15, -0.1) is 0 Å². The van der Waals surface area contributed by atoms with E-state index in [4.69, 9.17) is 0 Å². The van der Waals surface area contributed by atoms with Gasteiger partial charge in [-0.3, -0.25) is 0 Å². The van der Waals surface area contributed by atoms with Gasteiger partial charge in [0.15, 0.2) is 0 Å². The van der Waals surface area contributed by atoms with E-state index in [-0.39, 0.29) is 35.5 Å². The topological polar surface area (TPSA) is 80.9 Å². The maximum absolute atomic E-state index is 10.9. The van der Waals surface area contributed by atoms with Crippen molar-refractivity contribution in [2.75, 3.05) is 13.2 Å². The Morgan fingerprint density at radius 3 is 1.15 bits per heavy atom. The van der Waals surface area contributed by atoms with Crippen LogP contribution in [-0.4, -0.2) is 33.6 Å². The van der Waals surface area contributed by atoms with Crippen molar-refractivity contribution in [2.45, 2.75) is 92.9 Å². The second kappa shape index (κ2) is 9.31. The Kier molecular flexibility index (Phi) is 7.67. The quantitative estimate of drug-likeness (QED) is 0.451. The Morgan fingerprint density at radius 2 is 0.909 bits per heavy atom. The lowest BCUT2D eigenvalue weighted by atomic mass is 9.72. The van der Waals surface area contributed by atoms with Gasteiger partial charge in [-0.2, -0.15) is 0 Å². The number of hydrogen-bond acceptors (Lipinski definition) is 4. The number of rotatable bonds is 6. The molecular weight excluding hydrogens is 412 g/mol. The molecule has 0 spiro atoms. The summed E-state index contributed by atoms with van der Waals surface area (Å²) in [5.41, 5.74) is 6.18. The van der Waals surface area contributed by atoms with E-state index >= 15 is 0 Å². The maximum atomic E-state index is 10.9. The molecule has 2 rings (SSSR count). The van der Waals surface area contributed by atoms with E-state index in [1.807, 2.05) is 39.8 Å². The lowest BCUT2D eigenvalue weighted by Gasteiger charge is -2.34. The minimum atomic E-state index is -0.823. The zero-order valence-electron chi connectivity index (χ0n) is 22.3. The van der Waals surface area contributed by atoms with Gasteiger partial charge in [0.05, 0.1) is 13.2 Å². The van der Waals surface area contributed by atoms with Crippen molar-refractivity contribution in [1.82, 2.24) is 0 Å². The standard InChI is InChI=1S/C29H44O4/c1-17-11-23(27(5,6)7)25(32)19(3)21(17)13-29(15-30,16-31)14-22-18(2)12-24(28(8,9)10)26(33)20(22)4/h11-12,30-33H,13-16H2,1-10H3. The van der Waals surface area contributed by atoms with E-state index in [1.54, 1.807) is 0 Å². The zero-order valence-corrected chi connectivity index (χ0v) is 22.3. The molecule has 0 radical (unpaired) electrons. The van der Waals surface area contributed by atoms with Gasteiger partial charge >= 0.3 is 0 Å². The second-order valence-corrected chi connectivity index (χ2v) is 12.1. The van der Waals surface area contributed by atoms with Gasteiger partial charge in [-0.25, -0.2) is 0 Å². The number of aryl methyl sites for hydroxylation is 2. The number of benzene rings is 2. The fraction of sp³-hybridized carbons (Fsp3) is 0.586.